The van der Waals surface area contributed by atoms with Crippen LogP contribution >= 0.6 is 0 Å². The lowest BCUT2D eigenvalue weighted by atomic mass is 9.32. The van der Waals surface area contributed by atoms with Crippen molar-refractivity contribution >= 4 is 122 Å². The SMILES string of the molecule is CCC(C)(C)c1cc2c(c3c1CCC3)N(c1ccc3c4ccccc4c4ccccc4c3c1)c1cccc3c1B2c1cc(C(C)(C)CC)c2c(c1N3c1ccc3c4ccccc4c4ccccc4c3c1)CCC2. The Bertz CT molecular complexity index is 3880. The van der Waals surface area contributed by atoms with Crippen molar-refractivity contribution in [3.05, 3.63) is 197 Å². The Hall–Kier alpha value is -7.36. The molecule has 0 bridgehead atoms. The van der Waals surface area contributed by atoms with E-state index < -0.39 is 0 Å². The van der Waals surface area contributed by atoms with Crippen molar-refractivity contribution in [1.82, 2.24) is 0 Å². The van der Waals surface area contributed by atoms with Gasteiger partial charge in [-0.05, 0) is 213 Å². The van der Waals surface area contributed by atoms with Gasteiger partial charge in [0.05, 0.1) is 0 Å². The molecule has 0 amide bonds. The van der Waals surface area contributed by atoms with Gasteiger partial charge in [0, 0.05) is 34.1 Å². The Morgan fingerprint density at radius 3 is 1.05 bits per heavy atom. The molecule has 0 spiro atoms. The molecule has 0 aromatic heterocycles. The summed E-state index contributed by atoms with van der Waals surface area (Å²) in [7, 11) is 0. The molecule has 0 saturated heterocycles. The summed E-state index contributed by atoms with van der Waals surface area (Å²) in [5, 5.41) is 15.7. The van der Waals surface area contributed by atoms with Gasteiger partial charge in [0.1, 0.15) is 0 Å². The molecule has 11 aromatic rings. The molecule has 2 aliphatic heterocycles. The highest BCUT2D eigenvalue weighted by Crippen LogP contribution is 2.52. The van der Waals surface area contributed by atoms with Crippen LogP contribution in [-0.2, 0) is 36.5 Å². The van der Waals surface area contributed by atoms with Gasteiger partial charge in [-0.25, -0.2) is 0 Å². The second-order valence-corrected chi connectivity index (χ2v) is 23.3. The minimum absolute atomic E-state index is 0.0336. The van der Waals surface area contributed by atoms with Crippen molar-refractivity contribution in [2.45, 2.75) is 104 Å². The molecular weight excluding hydrogens is 880 g/mol. The molecule has 11 aromatic carbocycles. The van der Waals surface area contributed by atoms with Crippen molar-refractivity contribution in [1.29, 1.82) is 0 Å². The topological polar surface area (TPSA) is 6.48 Å². The smallest absolute Gasteiger partial charge is 0.252 e. The third-order valence-corrected chi connectivity index (χ3v) is 18.9. The summed E-state index contributed by atoms with van der Waals surface area (Å²) in [5.41, 5.74) is 21.9. The Kier molecular flexibility index (Phi) is 9.23. The van der Waals surface area contributed by atoms with Crippen molar-refractivity contribution in [2.75, 3.05) is 9.80 Å². The van der Waals surface area contributed by atoms with Crippen LogP contribution < -0.4 is 26.2 Å². The molecule has 354 valence electrons. The molecule has 4 aliphatic rings. The minimum Gasteiger partial charge on any atom is -0.311 e. The molecule has 0 fully saturated rings. The molecule has 2 aliphatic carbocycles. The zero-order valence-electron chi connectivity index (χ0n) is 43.2. The van der Waals surface area contributed by atoms with Gasteiger partial charge in [0.15, 0.2) is 0 Å². The highest BCUT2D eigenvalue weighted by molar-refractivity contribution is 7.00. The number of nitrogens with zero attached hydrogens (tertiary/aromatic N) is 2. The highest BCUT2D eigenvalue weighted by atomic mass is 15.2. The summed E-state index contributed by atoms with van der Waals surface area (Å²) >= 11 is 0. The largest absolute Gasteiger partial charge is 0.311 e. The molecule has 73 heavy (non-hydrogen) atoms. The van der Waals surface area contributed by atoms with Gasteiger partial charge in [-0.15, -0.1) is 0 Å². The molecule has 0 N–H and O–H groups in total. The number of hydrogen-bond donors (Lipinski definition) is 0. The van der Waals surface area contributed by atoms with Gasteiger partial charge < -0.3 is 9.80 Å². The summed E-state index contributed by atoms with van der Waals surface area (Å²) in [5.74, 6) is 0. The lowest BCUT2D eigenvalue weighted by molar-refractivity contribution is 0.502. The predicted octanol–water partition coefficient (Wildman–Crippen LogP) is 17.0. The average Bonchev–Trinajstić information content (AvgIpc) is 4.14. The van der Waals surface area contributed by atoms with Crippen molar-refractivity contribution in [3.63, 3.8) is 0 Å². The van der Waals surface area contributed by atoms with Crippen molar-refractivity contribution in [2.24, 2.45) is 0 Å². The highest BCUT2D eigenvalue weighted by Gasteiger charge is 2.48. The van der Waals surface area contributed by atoms with Gasteiger partial charge in [-0.1, -0.05) is 169 Å². The van der Waals surface area contributed by atoms with Gasteiger partial charge in [-0.2, -0.15) is 0 Å². The van der Waals surface area contributed by atoms with E-state index in [1.165, 1.54) is 128 Å². The van der Waals surface area contributed by atoms with E-state index in [0.717, 1.165) is 38.5 Å². The van der Waals surface area contributed by atoms with E-state index in [0.29, 0.717) is 0 Å². The molecule has 0 saturated carbocycles. The molecule has 2 nitrogen and oxygen atoms in total. The summed E-state index contributed by atoms with van der Waals surface area (Å²) in [4.78, 5) is 5.49. The van der Waals surface area contributed by atoms with Crippen molar-refractivity contribution in [3.8, 4) is 0 Å². The van der Waals surface area contributed by atoms with Crippen LogP contribution in [0.25, 0.3) is 64.6 Å². The van der Waals surface area contributed by atoms with E-state index in [9.17, 15) is 0 Å². The third-order valence-electron chi connectivity index (χ3n) is 18.9. The zero-order valence-corrected chi connectivity index (χ0v) is 43.2. The number of anilines is 6. The van der Waals surface area contributed by atoms with Crippen LogP contribution in [0.5, 0.6) is 0 Å². The van der Waals surface area contributed by atoms with Gasteiger partial charge in [0.2, 0.25) is 0 Å². The van der Waals surface area contributed by atoms with Crippen LogP contribution in [0, 0.1) is 0 Å². The number of hydrogen-bond acceptors (Lipinski definition) is 2. The Balaban J connectivity index is 1.08. The van der Waals surface area contributed by atoms with Crippen LogP contribution in [0.4, 0.5) is 34.1 Å². The molecule has 0 radical (unpaired) electrons. The second-order valence-electron chi connectivity index (χ2n) is 23.3. The first-order chi connectivity index (χ1) is 35.6. The Labute approximate surface area is 430 Å². The number of fused-ring (bicyclic) bond motifs is 20. The van der Waals surface area contributed by atoms with E-state index in [4.69, 9.17) is 0 Å². The van der Waals surface area contributed by atoms with Crippen LogP contribution in [-0.4, -0.2) is 6.71 Å². The van der Waals surface area contributed by atoms with Gasteiger partial charge in [-0.3, -0.25) is 0 Å². The number of benzene rings is 11. The second kappa shape index (κ2) is 15.6. The lowest BCUT2D eigenvalue weighted by Gasteiger charge is -2.46. The van der Waals surface area contributed by atoms with E-state index in [2.05, 4.69) is 215 Å². The first kappa shape index (κ1) is 43.2. The molecule has 15 rings (SSSR count). The van der Waals surface area contributed by atoms with Crippen LogP contribution in [0.2, 0.25) is 0 Å². The first-order valence-electron chi connectivity index (χ1n) is 27.4. The maximum atomic E-state index is 2.74. The molecule has 2 heterocycles. The molecule has 0 atom stereocenters. The number of rotatable bonds is 6. The van der Waals surface area contributed by atoms with Crippen molar-refractivity contribution < 1.29 is 0 Å². The predicted molar refractivity (Wildman–Crippen MR) is 316 cm³/mol. The van der Waals surface area contributed by atoms with Crippen LogP contribution in [0.1, 0.15) is 101 Å². The quantitative estimate of drug-likeness (QED) is 0.121. The van der Waals surface area contributed by atoms with Gasteiger partial charge >= 0.3 is 0 Å². The summed E-state index contributed by atoms with van der Waals surface area (Å²) in [6.07, 6.45) is 9.05. The maximum absolute atomic E-state index is 2.74. The van der Waals surface area contributed by atoms with E-state index in [1.54, 1.807) is 33.4 Å². The van der Waals surface area contributed by atoms with Gasteiger partial charge in [0.25, 0.3) is 6.71 Å². The van der Waals surface area contributed by atoms with E-state index >= 15 is 0 Å². The van der Waals surface area contributed by atoms with Crippen LogP contribution in [0.3, 0.4) is 0 Å². The maximum Gasteiger partial charge on any atom is 0.252 e. The average molecular weight is 941 g/mol. The zero-order chi connectivity index (χ0) is 49.1. The minimum atomic E-state index is 0.0336. The Morgan fingerprint density at radius 1 is 0.370 bits per heavy atom. The monoisotopic (exact) mass is 940 g/mol. The lowest BCUT2D eigenvalue weighted by Crippen LogP contribution is -2.62. The summed E-state index contributed by atoms with van der Waals surface area (Å²) < 4.78 is 0. The van der Waals surface area contributed by atoms with E-state index in [-0.39, 0.29) is 17.5 Å². The third kappa shape index (κ3) is 5.94. The standard InChI is InChI=1S/C70H61BN2/c1-7-69(3,4)60-40-62-67(56-30-17-28-54(56)60)72(42-34-36-52-48-24-11-9-20-44(48)46-22-13-15-26-50(46)58(52)38-42)64-32-19-33-65-66(64)71(62)63-41-61(70(5,6)8-2)55-29-18-31-57(55)68(63)73(65)43-35-37-53-49-25-12-10-21-45(49)47-23-14-16-27-51(47)59(53)39-43/h9-16,19-27,32-41H,7-8,17-18,28-31H2,1-6H3. The van der Waals surface area contributed by atoms with Crippen LogP contribution in [0.15, 0.2) is 164 Å². The Morgan fingerprint density at radius 2 is 0.699 bits per heavy atom. The fourth-order valence-electron chi connectivity index (χ4n) is 14.7. The molecule has 0 unspecified atom stereocenters. The van der Waals surface area contributed by atoms with E-state index in [1.807, 2.05) is 0 Å². The normalized spacial score (nSPS) is 15.0. The summed E-state index contributed by atoms with van der Waals surface area (Å²) in [6.45, 7) is 14.9. The fraction of sp³-hybridized carbons (Fsp3) is 0.229. The fourth-order valence-corrected chi connectivity index (χ4v) is 14.7. The first-order valence-corrected chi connectivity index (χ1v) is 27.4. The summed E-state index contributed by atoms with van der Waals surface area (Å²) in [6, 6.07) is 63.8. The molecular formula is C70H61BN2. The molecule has 3 heteroatoms.